The van der Waals surface area contributed by atoms with Crippen LogP contribution in [0.5, 0.6) is 23.0 Å². The van der Waals surface area contributed by atoms with Crippen molar-refractivity contribution < 1.29 is 19.4 Å². The maximum atomic E-state index is 11.0. The molecule has 1 N–H and O–H groups in total. The van der Waals surface area contributed by atoms with Crippen molar-refractivity contribution in [2.45, 2.75) is 13.0 Å². The van der Waals surface area contributed by atoms with Gasteiger partial charge in [-0.1, -0.05) is 30.3 Å². The molecule has 0 saturated heterocycles. The van der Waals surface area contributed by atoms with E-state index in [1.165, 1.54) is 16.8 Å². The van der Waals surface area contributed by atoms with Crippen molar-refractivity contribution in [3.63, 3.8) is 0 Å². The summed E-state index contributed by atoms with van der Waals surface area (Å²) in [5, 5.41) is 9.02. The first-order valence-corrected chi connectivity index (χ1v) is 10.8. The van der Waals surface area contributed by atoms with Crippen LogP contribution in [0.2, 0.25) is 0 Å². The Morgan fingerprint density at radius 3 is 2.06 bits per heavy atom. The topological polar surface area (TPSA) is 59.0 Å². The van der Waals surface area contributed by atoms with Crippen molar-refractivity contribution in [2.75, 3.05) is 11.4 Å². The molecular formula is C28H23NO4. The van der Waals surface area contributed by atoms with E-state index in [0.717, 1.165) is 36.8 Å². The number of fused-ring (bicyclic) bond motifs is 1. The third kappa shape index (κ3) is 4.83. The normalized spacial score (nSPS) is 12.3. The molecule has 0 spiro atoms. The van der Waals surface area contributed by atoms with E-state index in [1.54, 1.807) is 24.3 Å². The molecule has 0 amide bonds. The summed E-state index contributed by atoms with van der Waals surface area (Å²) >= 11 is 0. The van der Waals surface area contributed by atoms with Gasteiger partial charge in [0.15, 0.2) is 0 Å². The number of hydrogen-bond acceptors (Lipinski definition) is 4. The van der Waals surface area contributed by atoms with Crippen LogP contribution in [0.4, 0.5) is 5.69 Å². The fraction of sp³-hybridized carbons (Fsp3) is 0.107. The minimum atomic E-state index is -0.947. The second kappa shape index (κ2) is 9.09. The Hall–Kier alpha value is -4.25. The zero-order valence-corrected chi connectivity index (χ0v) is 18.0. The summed E-state index contributed by atoms with van der Waals surface area (Å²) in [5.41, 5.74) is 3.93. The number of carboxylic acid groups (broad SMARTS) is 1. The van der Waals surface area contributed by atoms with E-state index in [1.807, 2.05) is 48.5 Å². The molecule has 5 rings (SSSR count). The highest BCUT2D eigenvalue weighted by Crippen LogP contribution is 2.34. The predicted octanol–water partition coefficient (Wildman–Crippen LogP) is 6.53. The van der Waals surface area contributed by atoms with Crippen LogP contribution in [0.3, 0.4) is 0 Å². The number of nitrogens with zero attached hydrogens (tertiary/aromatic N) is 1. The molecule has 0 unspecified atom stereocenters. The smallest absolute Gasteiger partial charge is 0.335 e. The van der Waals surface area contributed by atoms with E-state index in [9.17, 15) is 4.79 Å². The van der Waals surface area contributed by atoms with E-state index < -0.39 is 5.97 Å². The average Bonchev–Trinajstić information content (AvgIpc) is 3.23. The van der Waals surface area contributed by atoms with Gasteiger partial charge in [0.2, 0.25) is 0 Å². The van der Waals surface area contributed by atoms with Crippen LogP contribution >= 0.6 is 0 Å². The first-order valence-electron chi connectivity index (χ1n) is 10.8. The minimum absolute atomic E-state index is 0.242. The van der Waals surface area contributed by atoms with E-state index in [2.05, 4.69) is 29.2 Å². The molecule has 1 heterocycles. The van der Waals surface area contributed by atoms with Gasteiger partial charge >= 0.3 is 5.97 Å². The zero-order valence-electron chi connectivity index (χ0n) is 18.0. The predicted molar refractivity (Wildman–Crippen MR) is 128 cm³/mol. The summed E-state index contributed by atoms with van der Waals surface area (Å²) in [4.78, 5) is 13.4. The van der Waals surface area contributed by atoms with Gasteiger partial charge in [-0.05, 0) is 84.3 Å². The average molecular weight is 437 g/mol. The summed E-state index contributed by atoms with van der Waals surface area (Å²) < 4.78 is 11.8. The Morgan fingerprint density at radius 2 is 1.36 bits per heavy atom. The van der Waals surface area contributed by atoms with Gasteiger partial charge in [-0.2, -0.15) is 0 Å². The Kier molecular flexibility index (Phi) is 5.68. The van der Waals surface area contributed by atoms with Crippen molar-refractivity contribution >= 4 is 11.7 Å². The molecule has 0 bridgehead atoms. The number of ether oxygens (including phenoxy) is 2. The molecule has 0 aliphatic carbocycles. The lowest BCUT2D eigenvalue weighted by atomic mass is 10.1. The summed E-state index contributed by atoms with van der Waals surface area (Å²) in [6.45, 7) is 1.78. The molecule has 0 atom stereocenters. The molecule has 4 aromatic carbocycles. The maximum absolute atomic E-state index is 11.0. The number of aromatic carboxylic acids is 1. The third-order valence-electron chi connectivity index (χ3n) is 5.66. The van der Waals surface area contributed by atoms with E-state index in [0.29, 0.717) is 5.75 Å². The third-order valence-corrected chi connectivity index (χ3v) is 5.66. The molecular weight excluding hydrogens is 414 g/mol. The van der Waals surface area contributed by atoms with Crippen LogP contribution in [0.25, 0.3) is 0 Å². The van der Waals surface area contributed by atoms with Crippen molar-refractivity contribution in [2.24, 2.45) is 0 Å². The number of para-hydroxylation sites is 1. The van der Waals surface area contributed by atoms with Gasteiger partial charge in [-0.25, -0.2) is 4.79 Å². The minimum Gasteiger partial charge on any atom is -0.478 e. The van der Waals surface area contributed by atoms with E-state index in [-0.39, 0.29) is 5.56 Å². The molecule has 5 nitrogen and oxygen atoms in total. The van der Waals surface area contributed by atoms with Gasteiger partial charge in [0.05, 0.1) is 5.56 Å². The summed E-state index contributed by atoms with van der Waals surface area (Å²) in [7, 11) is 0. The molecule has 0 radical (unpaired) electrons. The molecule has 1 aliphatic rings. The van der Waals surface area contributed by atoms with Crippen LogP contribution in [0.15, 0.2) is 97.1 Å². The molecule has 0 fully saturated rings. The largest absolute Gasteiger partial charge is 0.478 e. The number of benzene rings is 4. The molecule has 1 aliphatic heterocycles. The van der Waals surface area contributed by atoms with Gasteiger partial charge in [-0.3, -0.25) is 0 Å². The van der Waals surface area contributed by atoms with Crippen molar-refractivity contribution in [3.8, 4) is 23.0 Å². The van der Waals surface area contributed by atoms with Gasteiger partial charge in [0, 0.05) is 18.8 Å². The molecule has 0 aromatic heterocycles. The molecule has 164 valence electrons. The van der Waals surface area contributed by atoms with Gasteiger partial charge in [-0.15, -0.1) is 0 Å². The molecule has 5 heteroatoms. The van der Waals surface area contributed by atoms with Gasteiger partial charge < -0.3 is 19.5 Å². The lowest BCUT2D eigenvalue weighted by Gasteiger charge is -2.20. The van der Waals surface area contributed by atoms with Gasteiger partial charge in [0.25, 0.3) is 0 Å². The maximum Gasteiger partial charge on any atom is 0.335 e. The van der Waals surface area contributed by atoms with Crippen molar-refractivity contribution in [1.82, 2.24) is 0 Å². The van der Waals surface area contributed by atoms with Crippen molar-refractivity contribution in [1.29, 1.82) is 0 Å². The summed E-state index contributed by atoms with van der Waals surface area (Å²) in [6.07, 6.45) is 0.958. The molecule has 4 aromatic rings. The number of carboxylic acids is 1. The Labute approximate surface area is 192 Å². The zero-order chi connectivity index (χ0) is 22.6. The lowest BCUT2D eigenvalue weighted by Crippen LogP contribution is -2.19. The van der Waals surface area contributed by atoms with E-state index >= 15 is 0 Å². The van der Waals surface area contributed by atoms with Crippen LogP contribution in [-0.4, -0.2) is 17.6 Å². The van der Waals surface area contributed by atoms with Crippen molar-refractivity contribution in [3.05, 3.63) is 114 Å². The Morgan fingerprint density at radius 1 is 0.758 bits per heavy atom. The Bertz CT molecular complexity index is 1250. The SMILES string of the molecule is O=C(O)c1ccc(Oc2ccc3c(c2)CCN3Cc2ccc(Oc3ccccc3)cc2)cc1. The second-order valence-corrected chi connectivity index (χ2v) is 7.95. The first-order chi connectivity index (χ1) is 16.1. The van der Waals surface area contributed by atoms with Crippen LogP contribution in [0, 0.1) is 0 Å². The lowest BCUT2D eigenvalue weighted by molar-refractivity contribution is 0.0697. The fourth-order valence-corrected chi connectivity index (χ4v) is 3.98. The molecule has 0 saturated carbocycles. The highest BCUT2D eigenvalue weighted by atomic mass is 16.5. The Balaban J connectivity index is 1.23. The highest BCUT2D eigenvalue weighted by molar-refractivity contribution is 5.87. The quantitative estimate of drug-likeness (QED) is 0.356. The highest BCUT2D eigenvalue weighted by Gasteiger charge is 2.20. The van der Waals surface area contributed by atoms with Crippen LogP contribution < -0.4 is 14.4 Å². The van der Waals surface area contributed by atoms with Crippen LogP contribution in [-0.2, 0) is 13.0 Å². The van der Waals surface area contributed by atoms with Gasteiger partial charge in [0.1, 0.15) is 23.0 Å². The molecule has 33 heavy (non-hydrogen) atoms. The standard InChI is InChI=1S/C28H23NO4/c30-28(31)21-8-12-25(13-9-21)33-26-14-15-27-22(18-26)16-17-29(27)19-20-6-10-24(11-7-20)32-23-4-2-1-3-5-23/h1-15,18H,16-17,19H2,(H,30,31). The second-order valence-electron chi connectivity index (χ2n) is 7.95. The fourth-order valence-electron chi connectivity index (χ4n) is 3.98. The number of anilines is 1. The summed E-state index contributed by atoms with van der Waals surface area (Å²) in [5.74, 6) is 2.07. The van der Waals surface area contributed by atoms with E-state index in [4.69, 9.17) is 14.6 Å². The number of carbonyl (C=O) groups is 1. The summed E-state index contributed by atoms with van der Waals surface area (Å²) in [6, 6.07) is 30.6. The monoisotopic (exact) mass is 437 g/mol. The number of rotatable bonds is 7. The van der Waals surface area contributed by atoms with Crippen LogP contribution in [0.1, 0.15) is 21.5 Å². The number of hydrogen-bond donors (Lipinski definition) is 1. The first kappa shape index (κ1) is 20.6.